The molecule has 0 N–H and O–H groups in total. The summed E-state index contributed by atoms with van der Waals surface area (Å²) >= 11 is 4.77. The van der Waals surface area contributed by atoms with E-state index in [4.69, 9.17) is 0 Å². The molecule has 0 atom stereocenters. The molecule has 0 aliphatic rings. The topological polar surface area (TPSA) is 17.1 Å². The Morgan fingerprint density at radius 1 is 0.840 bits per heavy atom. The Balaban J connectivity index is 2.53. The first-order chi connectivity index (χ1) is 11.7. The quantitative estimate of drug-likeness (QED) is 0.461. The van der Waals surface area contributed by atoms with Crippen LogP contribution in [0.3, 0.4) is 0 Å². The van der Waals surface area contributed by atoms with E-state index in [0.29, 0.717) is 17.8 Å². The zero-order chi connectivity index (χ0) is 18.7. The number of rotatable bonds is 5. The lowest BCUT2D eigenvalue weighted by Crippen LogP contribution is -2.10. The molecule has 0 aromatic heterocycles. The van der Waals surface area contributed by atoms with Gasteiger partial charge in [0.05, 0.1) is 0 Å². The molecule has 134 valence electrons. The smallest absolute Gasteiger partial charge is 0.224 e. The third-order valence-electron chi connectivity index (χ3n) is 4.36. The Hall–Kier alpha value is -1.06. The molecule has 0 saturated carbocycles. The average Bonchev–Trinajstić information content (AvgIpc) is 2.55. The van der Waals surface area contributed by atoms with Gasteiger partial charge in [0.15, 0.2) is 0 Å². The van der Waals surface area contributed by atoms with Crippen LogP contribution in [0.4, 0.5) is 0 Å². The first-order valence-electron chi connectivity index (χ1n) is 8.86. The second-order valence-corrected chi connectivity index (χ2v) is 9.34. The molecule has 0 spiro atoms. The van der Waals surface area contributed by atoms with Crippen molar-refractivity contribution in [2.45, 2.75) is 64.2 Å². The number of thioether (sulfide) groups is 1. The van der Waals surface area contributed by atoms with Crippen LogP contribution in [0.15, 0.2) is 45.8 Å². The maximum Gasteiger partial charge on any atom is 0.224 e. The standard InChI is InChI=1S/C22H27BrOS/c1-13(2)16-11-19(14(3)4)21(20(12-16)15(5)6)22(24)25-18-9-7-17(23)8-10-18/h7-15H,1-6H3. The second kappa shape index (κ2) is 8.55. The van der Waals surface area contributed by atoms with Crippen LogP contribution in [0, 0.1) is 0 Å². The lowest BCUT2D eigenvalue weighted by Gasteiger charge is -2.22. The molecule has 0 bridgehead atoms. The number of hydrogen-bond acceptors (Lipinski definition) is 2. The van der Waals surface area contributed by atoms with Crippen LogP contribution in [0.25, 0.3) is 0 Å². The molecule has 0 aliphatic heterocycles. The van der Waals surface area contributed by atoms with E-state index in [1.165, 1.54) is 28.5 Å². The van der Waals surface area contributed by atoms with Gasteiger partial charge in [0.1, 0.15) is 0 Å². The maximum absolute atomic E-state index is 13.2. The Morgan fingerprint density at radius 3 is 1.72 bits per heavy atom. The Bertz CT molecular complexity index is 716. The van der Waals surface area contributed by atoms with Crippen molar-refractivity contribution < 1.29 is 4.79 Å². The molecule has 2 aromatic carbocycles. The predicted molar refractivity (Wildman–Crippen MR) is 113 cm³/mol. The Labute approximate surface area is 164 Å². The van der Waals surface area contributed by atoms with Gasteiger partial charge in [-0.3, -0.25) is 4.79 Å². The van der Waals surface area contributed by atoms with Gasteiger partial charge in [-0.1, -0.05) is 69.6 Å². The largest absolute Gasteiger partial charge is 0.281 e. The highest BCUT2D eigenvalue weighted by atomic mass is 79.9. The molecule has 25 heavy (non-hydrogen) atoms. The maximum atomic E-state index is 13.2. The van der Waals surface area contributed by atoms with Crippen LogP contribution in [0.1, 0.15) is 86.3 Å². The van der Waals surface area contributed by atoms with Gasteiger partial charge < -0.3 is 0 Å². The van der Waals surface area contributed by atoms with Crippen LogP contribution in [-0.4, -0.2) is 5.12 Å². The summed E-state index contributed by atoms with van der Waals surface area (Å²) in [6.07, 6.45) is 0. The molecule has 1 nitrogen and oxygen atoms in total. The van der Waals surface area contributed by atoms with E-state index >= 15 is 0 Å². The van der Waals surface area contributed by atoms with E-state index in [1.54, 1.807) is 0 Å². The molecule has 0 unspecified atom stereocenters. The van der Waals surface area contributed by atoms with Crippen LogP contribution in [-0.2, 0) is 0 Å². The summed E-state index contributed by atoms with van der Waals surface area (Å²) in [6, 6.07) is 12.4. The summed E-state index contributed by atoms with van der Waals surface area (Å²) in [6.45, 7) is 13.1. The van der Waals surface area contributed by atoms with Crippen molar-refractivity contribution in [1.29, 1.82) is 0 Å². The third-order valence-corrected chi connectivity index (χ3v) is 5.79. The molecule has 2 rings (SSSR count). The minimum Gasteiger partial charge on any atom is -0.281 e. The molecule has 2 aromatic rings. The molecular formula is C22H27BrOS. The first kappa shape index (κ1) is 20.3. The number of hydrogen-bond donors (Lipinski definition) is 0. The van der Waals surface area contributed by atoms with Crippen molar-refractivity contribution in [1.82, 2.24) is 0 Å². The fourth-order valence-electron chi connectivity index (χ4n) is 2.85. The van der Waals surface area contributed by atoms with Crippen molar-refractivity contribution in [3.63, 3.8) is 0 Å². The number of carbonyl (C=O) groups is 1. The Morgan fingerprint density at radius 2 is 1.32 bits per heavy atom. The fraction of sp³-hybridized carbons (Fsp3) is 0.409. The van der Waals surface area contributed by atoms with Gasteiger partial charge in [0, 0.05) is 14.9 Å². The van der Waals surface area contributed by atoms with Crippen molar-refractivity contribution in [2.75, 3.05) is 0 Å². The molecule has 3 heteroatoms. The average molecular weight is 419 g/mol. The van der Waals surface area contributed by atoms with Gasteiger partial charge in [-0.25, -0.2) is 0 Å². The summed E-state index contributed by atoms with van der Waals surface area (Å²) in [7, 11) is 0. The van der Waals surface area contributed by atoms with E-state index in [-0.39, 0.29) is 5.12 Å². The monoisotopic (exact) mass is 418 g/mol. The third kappa shape index (κ3) is 4.98. The summed E-state index contributed by atoms with van der Waals surface area (Å²) in [5, 5.41) is 0.144. The van der Waals surface area contributed by atoms with Crippen LogP contribution >= 0.6 is 27.7 Å². The number of benzene rings is 2. The Kier molecular flexibility index (Phi) is 6.93. The van der Waals surface area contributed by atoms with Gasteiger partial charge >= 0.3 is 0 Å². The second-order valence-electron chi connectivity index (χ2n) is 7.38. The molecule has 0 fully saturated rings. The van der Waals surface area contributed by atoms with E-state index in [1.807, 2.05) is 24.3 Å². The van der Waals surface area contributed by atoms with Crippen LogP contribution in [0.2, 0.25) is 0 Å². The van der Waals surface area contributed by atoms with Crippen molar-refractivity contribution in [3.8, 4) is 0 Å². The minimum atomic E-state index is 0.144. The van der Waals surface area contributed by atoms with E-state index < -0.39 is 0 Å². The van der Waals surface area contributed by atoms with Crippen molar-refractivity contribution in [3.05, 3.63) is 63.1 Å². The van der Waals surface area contributed by atoms with Gasteiger partial charge in [-0.05, 0) is 70.5 Å². The van der Waals surface area contributed by atoms with E-state index in [0.717, 1.165) is 14.9 Å². The van der Waals surface area contributed by atoms with E-state index in [2.05, 4.69) is 69.6 Å². The first-order valence-corrected chi connectivity index (χ1v) is 10.5. The highest BCUT2D eigenvalue weighted by Crippen LogP contribution is 2.36. The summed E-state index contributed by atoms with van der Waals surface area (Å²) in [5.41, 5.74) is 4.56. The van der Waals surface area contributed by atoms with Gasteiger partial charge in [-0.2, -0.15) is 0 Å². The van der Waals surface area contributed by atoms with Gasteiger partial charge in [0.25, 0.3) is 0 Å². The zero-order valence-corrected chi connectivity index (χ0v) is 18.3. The van der Waals surface area contributed by atoms with Crippen LogP contribution in [0.5, 0.6) is 0 Å². The zero-order valence-electron chi connectivity index (χ0n) is 15.9. The summed E-state index contributed by atoms with van der Waals surface area (Å²) in [5.74, 6) is 1.10. The molecule has 0 heterocycles. The van der Waals surface area contributed by atoms with Gasteiger partial charge in [0.2, 0.25) is 5.12 Å². The molecule has 0 radical (unpaired) electrons. The highest BCUT2D eigenvalue weighted by molar-refractivity contribution is 9.10. The molecular weight excluding hydrogens is 392 g/mol. The molecule has 0 aliphatic carbocycles. The summed E-state index contributed by atoms with van der Waals surface area (Å²) in [4.78, 5) is 14.2. The summed E-state index contributed by atoms with van der Waals surface area (Å²) < 4.78 is 1.02. The SMILES string of the molecule is CC(C)c1cc(C(C)C)c(C(=O)Sc2ccc(Br)cc2)c(C(C)C)c1. The lowest BCUT2D eigenvalue weighted by atomic mass is 9.85. The van der Waals surface area contributed by atoms with Crippen molar-refractivity contribution in [2.24, 2.45) is 0 Å². The minimum absolute atomic E-state index is 0.144. The number of carbonyl (C=O) groups excluding carboxylic acids is 1. The van der Waals surface area contributed by atoms with Gasteiger partial charge in [-0.15, -0.1) is 0 Å². The lowest BCUT2D eigenvalue weighted by molar-refractivity contribution is 0.108. The van der Waals surface area contributed by atoms with Crippen molar-refractivity contribution >= 4 is 32.8 Å². The van der Waals surface area contributed by atoms with E-state index in [9.17, 15) is 4.79 Å². The number of halogens is 1. The molecule has 0 amide bonds. The highest BCUT2D eigenvalue weighted by Gasteiger charge is 2.22. The fourth-order valence-corrected chi connectivity index (χ4v) is 3.94. The van der Waals surface area contributed by atoms with Crippen LogP contribution < -0.4 is 0 Å². The normalized spacial score (nSPS) is 11.6. The molecule has 0 saturated heterocycles. The predicted octanol–water partition coefficient (Wildman–Crippen LogP) is 7.75.